The van der Waals surface area contributed by atoms with E-state index in [1.807, 2.05) is 0 Å². The standard InChI is InChI=1S/C18H33BO2/c19-13-15-8-6-14(7-9-15)10-11-17(12-18(20)21)16-4-2-1-3-5-16/h14-17H,1-13,19H2,(H,20,21). The molecule has 1 atom stereocenters. The maximum atomic E-state index is 11.2. The summed E-state index contributed by atoms with van der Waals surface area (Å²) in [4.78, 5) is 11.2. The van der Waals surface area contributed by atoms with E-state index in [1.54, 1.807) is 0 Å². The van der Waals surface area contributed by atoms with Crippen LogP contribution >= 0.6 is 0 Å². The lowest BCUT2D eigenvalue weighted by Crippen LogP contribution is -2.22. The lowest BCUT2D eigenvalue weighted by atomic mass is 9.72. The zero-order chi connectivity index (χ0) is 15.1. The van der Waals surface area contributed by atoms with Crippen LogP contribution in [0.25, 0.3) is 0 Å². The number of hydrogen-bond acceptors (Lipinski definition) is 1. The van der Waals surface area contributed by atoms with E-state index in [0.29, 0.717) is 18.3 Å². The SMILES string of the molecule is BCC1CCC(CCC(CC(=O)O)C2CCCCC2)CC1. The van der Waals surface area contributed by atoms with Crippen LogP contribution in [0.4, 0.5) is 0 Å². The van der Waals surface area contributed by atoms with E-state index in [4.69, 9.17) is 0 Å². The molecule has 0 radical (unpaired) electrons. The van der Waals surface area contributed by atoms with E-state index in [2.05, 4.69) is 7.85 Å². The summed E-state index contributed by atoms with van der Waals surface area (Å²) in [6, 6.07) is 0. The second-order valence-electron chi connectivity index (χ2n) is 7.63. The summed E-state index contributed by atoms with van der Waals surface area (Å²) in [5, 5.41) is 9.22. The molecule has 0 aromatic carbocycles. The van der Waals surface area contributed by atoms with Crippen LogP contribution in [0, 0.1) is 23.7 Å². The van der Waals surface area contributed by atoms with Gasteiger partial charge in [0.25, 0.3) is 0 Å². The average molecular weight is 292 g/mol. The van der Waals surface area contributed by atoms with Gasteiger partial charge in [-0.3, -0.25) is 4.79 Å². The molecule has 0 amide bonds. The Morgan fingerprint density at radius 1 is 1.00 bits per heavy atom. The van der Waals surface area contributed by atoms with Crippen LogP contribution in [-0.4, -0.2) is 18.9 Å². The van der Waals surface area contributed by atoms with Gasteiger partial charge >= 0.3 is 5.97 Å². The van der Waals surface area contributed by atoms with Crippen molar-refractivity contribution >= 4 is 13.8 Å². The topological polar surface area (TPSA) is 37.3 Å². The monoisotopic (exact) mass is 292 g/mol. The number of carbonyl (C=O) groups is 1. The van der Waals surface area contributed by atoms with Gasteiger partial charge in [-0.25, -0.2) is 0 Å². The highest BCUT2D eigenvalue weighted by Crippen LogP contribution is 2.38. The van der Waals surface area contributed by atoms with E-state index in [1.165, 1.54) is 76.9 Å². The average Bonchev–Trinajstić information content (AvgIpc) is 2.52. The van der Waals surface area contributed by atoms with Gasteiger partial charge in [-0.2, -0.15) is 0 Å². The molecular weight excluding hydrogens is 259 g/mol. The van der Waals surface area contributed by atoms with Crippen LogP contribution in [0.15, 0.2) is 0 Å². The smallest absolute Gasteiger partial charge is 0.303 e. The Balaban J connectivity index is 1.77. The lowest BCUT2D eigenvalue weighted by Gasteiger charge is -2.32. The van der Waals surface area contributed by atoms with Gasteiger partial charge in [-0.05, 0) is 30.1 Å². The highest BCUT2D eigenvalue weighted by Gasteiger charge is 2.27. The summed E-state index contributed by atoms with van der Waals surface area (Å²) in [7, 11) is 2.32. The Morgan fingerprint density at radius 2 is 1.62 bits per heavy atom. The molecule has 0 heterocycles. The fraction of sp³-hybridized carbons (Fsp3) is 0.944. The molecule has 3 heteroatoms. The predicted molar refractivity (Wildman–Crippen MR) is 90.4 cm³/mol. The third kappa shape index (κ3) is 5.67. The zero-order valence-electron chi connectivity index (χ0n) is 13.9. The second-order valence-corrected chi connectivity index (χ2v) is 7.63. The van der Waals surface area contributed by atoms with Crippen LogP contribution in [0.1, 0.15) is 77.0 Å². The molecule has 0 aromatic heterocycles. The molecule has 0 bridgehead atoms. The Morgan fingerprint density at radius 3 is 2.19 bits per heavy atom. The summed E-state index contributed by atoms with van der Waals surface area (Å²) >= 11 is 0. The van der Waals surface area contributed by atoms with Gasteiger partial charge in [0.2, 0.25) is 0 Å². The van der Waals surface area contributed by atoms with E-state index in [9.17, 15) is 9.90 Å². The third-order valence-electron chi connectivity index (χ3n) is 6.24. The Bertz CT molecular complexity index is 304. The van der Waals surface area contributed by atoms with Crippen molar-refractivity contribution in [3.63, 3.8) is 0 Å². The van der Waals surface area contributed by atoms with E-state index in [0.717, 1.165) is 11.8 Å². The number of rotatable bonds is 7. The van der Waals surface area contributed by atoms with Crippen LogP contribution in [0.2, 0.25) is 6.32 Å². The first-order valence-corrected chi connectivity index (χ1v) is 9.40. The summed E-state index contributed by atoms with van der Waals surface area (Å²) in [6.07, 6.45) is 16.4. The molecule has 1 unspecified atom stereocenters. The van der Waals surface area contributed by atoms with Crippen molar-refractivity contribution in [1.29, 1.82) is 0 Å². The normalized spacial score (nSPS) is 29.1. The molecule has 2 rings (SSSR count). The van der Waals surface area contributed by atoms with Crippen molar-refractivity contribution in [2.75, 3.05) is 0 Å². The van der Waals surface area contributed by atoms with Gasteiger partial charge in [0, 0.05) is 6.42 Å². The van der Waals surface area contributed by atoms with Gasteiger partial charge in [0.1, 0.15) is 7.85 Å². The highest BCUT2D eigenvalue weighted by atomic mass is 16.4. The van der Waals surface area contributed by atoms with Gasteiger partial charge < -0.3 is 5.11 Å². The predicted octanol–water partition coefficient (Wildman–Crippen LogP) is 4.30. The Hall–Kier alpha value is -0.465. The number of carboxylic acids is 1. The Labute approximate surface area is 131 Å². The molecule has 21 heavy (non-hydrogen) atoms. The molecule has 2 nitrogen and oxygen atoms in total. The van der Waals surface area contributed by atoms with Crippen molar-refractivity contribution < 1.29 is 9.90 Å². The molecule has 0 aromatic rings. The molecule has 1 N–H and O–H groups in total. The fourth-order valence-corrected chi connectivity index (χ4v) is 4.71. The molecule has 0 spiro atoms. The van der Waals surface area contributed by atoms with Crippen LogP contribution in [-0.2, 0) is 4.79 Å². The molecule has 0 aliphatic heterocycles. The maximum Gasteiger partial charge on any atom is 0.303 e. The van der Waals surface area contributed by atoms with Gasteiger partial charge in [-0.1, -0.05) is 70.5 Å². The van der Waals surface area contributed by atoms with Crippen molar-refractivity contribution in [1.82, 2.24) is 0 Å². The largest absolute Gasteiger partial charge is 0.481 e. The van der Waals surface area contributed by atoms with Crippen LogP contribution in [0.5, 0.6) is 0 Å². The first-order chi connectivity index (χ1) is 10.2. The quantitative estimate of drug-likeness (QED) is 0.710. The minimum Gasteiger partial charge on any atom is -0.481 e. The molecule has 2 aliphatic rings. The molecular formula is C18H33BO2. The molecule has 0 saturated heterocycles. The first kappa shape index (κ1) is 16.9. The summed E-state index contributed by atoms with van der Waals surface area (Å²) in [5.41, 5.74) is 0. The van der Waals surface area contributed by atoms with Crippen LogP contribution < -0.4 is 0 Å². The number of hydrogen-bond donors (Lipinski definition) is 1. The Kier molecular flexibility index (Phi) is 7.12. The third-order valence-corrected chi connectivity index (χ3v) is 6.24. The summed E-state index contributed by atoms with van der Waals surface area (Å²) < 4.78 is 0. The fourth-order valence-electron chi connectivity index (χ4n) is 4.71. The van der Waals surface area contributed by atoms with Crippen molar-refractivity contribution in [3.05, 3.63) is 0 Å². The van der Waals surface area contributed by atoms with Gasteiger partial charge in [-0.15, -0.1) is 0 Å². The van der Waals surface area contributed by atoms with Crippen molar-refractivity contribution in [2.45, 2.75) is 83.4 Å². The maximum absolute atomic E-state index is 11.2. The first-order valence-electron chi connectivity index (χ1n) is 9.40. The van der Waals surface area contributed by atoms with Gasteiger partial charge in [0.15, 0.2) is 0 Å². The minimum atomic E-state index is -0.583. The van der Waals surface area contributed by atoms with Crippen molar-refractivity contribution in [2.24, 2.45) is 23.7 Å². The summed E-state index contributed by atoms with van der Waals surface area (Å²) in [5.74, 6) is 2.41. The highest BCUT2D eigenvalue weighted by molar-refractivity contribution is 6.08. The van der Waals surface area contributed by atoms with Crippen molar-refractivity contribution in [3.8, 4) is 0 Å². The van der Waals surface area contributed by atoms with E-state index >= 15 is 0 Å². The van der Waals surface area contributed by atoms with Gasteiger partial charge in [0.05, 0.1) is 0 Å². The molecule has 120 valence electrons. The van der Waals surface area contributed by atoms with E-state index < -0.39 is 5.97 Å². The molecule has 2 saturated carbocycles. The summed E-state index contributed by atoms with van der Waals surface area (Å²) in [6.45, 7) is 0. The molecule has 2 fully saturated rings. The lowest BCUT2D eigenvalue weighted by molar-refractivity contribution is -0.138. The second kappa shape index (κ2) is 8.85. The van der Waals surface area contributed by atoms with E-state index in [-0.39, 0.29) is 0 Å². The van der Waals surface area contributed by atoms with Crippen LogP contribution in [0.3, 0.4) is 0 Å². The number of aliphatic carboxylic acids is 1. The number of carboxylic acid groups (broad SMARTS) is 1. The molecule has 2 aliphatic carbocycles. The zero-order valence-corrected chi connectivity index (χ0v) is 13.9. The minimum absolute atomic E-state index is 0.412.